The van der Waals surface area contributed by atoms with Gasteiger partial charge in [-0.3, -0.25) is 0 Å². The number of benzene rings is 3. The average molecular weight is 586 g/mol. The number of likely N-dealkylation sites (tertiary alicyclic amines) is 1. The van der Waals surface area contributed by atoms with Gasteiger partial charge in [0.1, 0.15) is 11.6 Å². The first-order valence-electron chi connectivity index (χ1n) is 13.4. The van der Waals surface area contributed by atoms with Gasteiger partial charge in [-0.15, -0.1) is 0 Å². The molecule has 1 unspecified atom stereocenters. The first-order chi connectivity index (χ1) is 19.8. The molecule has 0 aromatic heterocycles. The van der Waals surface area contributed by atoms with Crippen LogP contribution in [-0.4, -0.2) is 62.1 Å². The van der Waals surface area contributed by atoms with E-state index in [1.54, 1.807) is 56.7 Å². The Balaban J connectivity index is 0.00000405. The minimum absolute atomic E-state index is 0. The fourth-order valence-electron chi connectivity index (χ4n) is 5.69. The lowest BCUT2D eigenvalue weighted by molar-refractivity contribution is -0.272. The lowest BCUT2D eigenvalue weighted by atomic mass is 9.75. The van der Waals surface area contributed by atoms with Crippen molar-refractivity contribution in [2.24, 2.45) is 5.92 Å². The summed E-state index contributed by atoms with van der Waals surface area (Å²) in [4.78, 5) is 26.4. The normalized spacial score (nSPS) is 17.9. The zero-order valence-electron chi connectivity index (χ0n) is 23.3. The standard InChI is InChI=1S/C31H31F2NO7.H2O/c1-37-25-5-3-6-26(38-2)28(25)39-18-4-16-34-17-15-22(19-31(34)40-29(35)30(36)41-31)27(20-7-11-23(32)12-8-20)21-9-13-24(33)14-10-21;/h3,5-14,22,27H,4,15-19H2,1-2H3;1H2. The molecular formula is C31H33F2NO8. The van der Waals surface area contributed by atoms with Crippen LogP contribution in [0.25, 0.3) is 0 Å². The lowest BCUT2D eigenvalue weighted by Gasteiger charge is -2.45. The Kier molecular flexibility index (Phi) is 9.64. The van der Waals surface area contributed by atoms with Crippen LogP contribution in [0.1, 0.15) is 36.3 Å². The SMILES string of the molecule is COc1cccc(OC)c1OCCCN1CCC(C(c2ccc(F)cc2)c2ccc(F)cc2)CC12OC(=O)C(=O)O2.O. The van der Waals surface area contributed by atoms with Crippen LogP contribution in [-0.2, 0) is 19.1 Å². The second-order valence-electron chi connectivity index (χ2n) is 10.0. The number of halogens is 2. The van der Waals surface area contributed by atoms with Crippen molar-refractivity contribution in [3.05, 3.63) is 89.5 Å². The number of carbonyl (C=O) groups is 2. The van der Waals surface area contributed by atoms with Crippen molar-refractivity contribution in [2.75, 3.05) is 33.9 Å². The van der Waals surface area contributed by atoms with Gasteiger partial charge >= 0.3 is 17.8 Å². The van der Waals surface area contributed by atoms with Crippen molar-refractivity contribution in [1.29, 1.82) is 0 Å². The Morgan fingerprint density at radius 2 is 1.40 bits per heavy atom. The summed E-state index contributed by atoms with van der Waals surface area (Å²) >= 11 is 0. The lowest BCUT2D eigenvalue weighted by Crippen LogP contribution is -2.56. The minimum atomic E-state index is -1.59. The molecule has 0 saturated carbocycles. The quantitative estimate of drug-likeness (QED) is 0.197. The number of hydrogen-bond acceptors (Lipinski definition) is 8. The van der Waals surface area contributed by atoms with E-state index in [9.17, 15) is 18.4 Å². The van der Waals surface area contributed by atoms with E-state index in [2.05, 4.69) is 0 Å². The molecule has 2 aliphatic heterocycles. The third-order valence-electron chi connectivity index (χ3n) is 7.57. The Morgan fingerprint density at radius 1 is 0.881 bits per heavy atom. The zero-order valence-corrected chi connectivity index (χ0v) is 23.3. The monoisotopic (exact) mass is 585 g/mol. The van der Waals surface area contributed by atoms with Crippen LogP contribution in [0.3, 0.4) is 0 Å². The summed E-state index contributed by atoms with van der Waals surface area (Å²) in [6.45, 7) is 1.15. The van der Waals surface area contributed by atoms with Gasteiger partial charge in [0.05, 0.1) is 20.8 Å². The van der Waals surface area contributed by atoms with Gasteiger partial charge in [0, 0.05) is 25.4 Å². The van der Waals surface area contributed by atoms with Gasteiger partial charge in [0.2, 0.25) is 5.75 Å². The number of ether oxygens (including phenoxy) is 5. The molecule has 2 aliphatic rings. The van der Waals surface area contributed by atoms with Crippen molar-refractivity contribution in [3.8, 4) is 17.2 Å². The summed E-state index contributed by atoms with van der Waals surface area (Å²) in [5, 5.41) is 0. The van der Waals surface area contributed by atoms with E-state index >= 15 is 0 Å². The molecule has 1 spiro atoms. The number of rotatable bonds is 10. The van der Waals surface area contributed by atoms with Crippen LogP contribution >= 0.6 is 0 Å². The number of nitrogens with zero attached hydrogens (tertiary/aromatic N) is 1. The molecule has 2 heterocycles. The van der Waals surface area contributed by atoms with E-state index in [-0.39, 0.29) is 35.4 Å². The van der Waals surface area contributed by atoms with Gasteiger partial charge in [0.25, 0.3) is 0 Å². The average Bonchev–Trinajstić information content (AvgIpc) is 3.26. The predicted octanol–water partition coefficient (Wildman–Crippen LogP) is 4.22. The zero-order chi connectivity index (χ0) is 29.0. The molecule has 42 heavy (non-hydrogen) atoms. The molecule has 5 rings (SSSR count). The van der Waals surface area contributed by atoms with Crippen LogP contribution in [0, 0.1) is 17.6 Å². The molecule has 0 radical (unpaired) electrons. The first kappa shape index (κ1) is 30.7. The fraction of sp³-hybridized carbons (Fsp3) is 0.355. The molecule has 3 aromatic carbocycles. The van der Waals surface area contributed by atoms with Crippen molar-refractivity contribution in [1.82, 2.24) is 4.90 Å². The third-order valence-corrected chi connectivity index (χ3v) is 7.57. The van der Waals surface area contributed by atoms with Crippen LogP contribution < -0.4 is 14.2 Å². The summed E-state index contributed by atoms with van der Waals surface area (Å²) < 4.78 is 55.5. The maximum Gasteiger partial charge on any atom is 0.421 e. The smallest absolute Gasteiger partial charge is 0.421 e. The van der Waals surface area contributed by atoms with Gasteiger partial charge in [-0.05, 0) is 66.3 Å². The van der Waals surface area contributed by atoms with Crippen LogP contribution in [0.5, 0.6) is 17.2 Å². The van der Waals surface area contributed by atoms with Crippen LogP contribution in [0.15, 0.2) is 66.7 Å². The van der Waals surface area contributed by atoms with Gasteiger partial charge in [-0.2, -0.15) is 0 Å². The molecule has 2 saturated heterocycles. The highest BCUT2D eigenvalue weighted by molar-refractivity contribution is 6.31. The Hall–Kier alpha value is -4.22. The van der Waals surface area contributed by atoms with E-state index < -0.39 is 17.8 Å². The minimum Gasteiger partial charge on any atom is -0.493 e. The third kappa shape index (κ3) is 6.32. The maximum atomic E-state index is 13.8. The topological polar surface area (TPSA) is 115 Å². The molecule has 2 N–H and O–H groups in total. The highest BCUT2D eigenvalue weighted by Gasteiger charge is 2.56. The summed E-state index contributed by atoms with van der Waals surface area (Å²) in [5.41, 5.74) is 1.64. The molecule has 0 bridgehead atoms. The van der Waals surface area contributed by atoms with Crippen molar-refractivity contribution < 1.29 is 47.5 Å². The molecule has 224 valence electrons. The van der Waals surface area contributed by atoms with Crippen molar-refractivity contribution in [3.63, 3.8) is 0 Å². The predicted molar refractivity (Wildman–Crippen MR) is 147 cm³/mol. The van der Waals surface area contributed by atoms with Gasteiger partial charge in [-0.1, -0.05) is 30.3 Å². The second-order valence-corrected chi connectivity index (χ2v) is 10.0. The number of para-hydroxylation sites is 1. The molecule has 3 aromatic rings. The number of esters is 2. The Morgan fingerprint density at radius 3 is 1.90 bits per heavy atom. The van der Waals surface area contributed by atoms with Gasteiger partial charge in [0.15, 0.2) is 11.5 Å². The summed E-state index contributed by atoms with van der Waals surface area (Å²) in [6.07, 6.45) is 1.35. The van der Waals surface area contributed by atoms with Crippen LogP contribution in [0.4, 0.5) is 8.78 Å². The van der Waals surface area contributed by atoms with E-state index in [4.69, 9.17) is 23.7 Å². The number of methoxy groups -OCH3 is 2. The van der Waals surface area contributed by atoms with Crippen molar-refractivity contribution >= 4 is 11.9 Å². The van der Waals surface area contributed by atoms with Gasteiger partial charge < -0.3 is 29.2 Å². The summed E-state index contributed by atoms with van der Waals surface area (Å²) in [5.74, 6) is -3.33. The first-order valence-corrected chi connectivity index (χ1v) is 13.4. The van der Waals surface area contributed by atoms with E-state index in [1.807, 2.05) is 4.90 Å². The molecule has 11 heteroatoms. The molecule has 0 aliphatic carbocycles. The number of hydrogen-bond donors (Lipinski definition) is 0. The maximum absolute atomic E-state index is 13.8. The largest absolute Gasteiger partial charge is 0.493 e. The Bertz CT molecular complexity index is 1300. The molecule has 9 nitrogen and oxygen atoms in total. The Labute approximate surface area is 242 Å². The van der Waals surface area contributed by atoms with E-state index in [0.29, 0.717) is 49.8 Å². The van der Waals surface area contributed by atoms with E-state index in [0.717, 1.165) is 11.1 Å². The summed E-state index contributed by atoms with van der Waals surface area (Å²) in [7, 11) is 3.09. The van der Waals surface area contributed by atoms with Crippen molar-refractivity contribution in [2.45, 2.75) is 31.1 Å². The number of carbonyl (C=O) groups excluding carboxylic acids is 2. The highest BCUT2D eigenvalue weighted by atomic mass is 19.1. The molecule has 1 atom stereocenters. The van der Waals surface area contributed by atoms with Crippen LogP contribution in [0.2, 0.25) is 0 Å². The molecule has 0 amide bonds. The molecule has 2 fully saturated rings. The van der Waals surface area contributed by atoms with E-state index in [1.165, 1.54) is 24.3 Å². The summed E-state index contributed by atoms with van der Waals surface area (Å²) in [6, 6.07) is 17.6. The second kappa shape index (κ2) is 13.2. The highest BCUT2D eigenvalue weighted by Crippen LogP contribution is 2.46. The fourth-order valence-corrected chi connectivity index (χ4v) is 5.69. The molecular weight excluding hydrogens is 552 g/mol. The van der Waals surface area contributed by atoms with Gasteiger partial charge in [-0.25, -0.2) is 23.3 Å². The number of piperidine rings is 1.